The maximum atomic E-state index is 12.2. The molecule has 0 saturated carbocycles. The number of aromatic nitrogens is 2. The van der Waals surface area contributed by atoms with Gasteiger partial charge in [0.15, 0.2) is 0 Å². The second kappa shape index (κ2) is 4.69. The van der Waals surface area contributed by atoms with Gasteiger partial charge in [0.25, 0.3) is 10.0 Å². The van der Waals surface area contributed by atoms with Crippen molar-refractivity contribution in [2.24, 2.45) is 7.05 Å². The topological polar surface area (TPSA) is 76.0 Å². The first kappa shape index (κ1) is 12.4. The van der Waals surface area contributed by atoms with E-state index in [-0.39, 0.29) is 4.90 Å². The zero-order chi connectivity index (χ0) is 13.2. The quantitative estimate of drug-likeness (QED) is 0.873. The zero-order valence-electron chi connectivity index (χ0n) is 10.1. The summed E-state index contributed by atoms with van der Waals surface area (Å²) in [6, 6.07) is 6.70. The van der Waals surface area contributed by atoms with E-state index >= 15 is 0 Å². The Morgan fingerprint density at radius 2 is 2.00 bits per heavy atom. The van der Waals surface area contributed by atoms with Crippen LogP contribution in [0.3, 0.4) is 0 Å². The zero-order valence-corrected chi connectivity index (χ0v) is 10.9. The molecule has 0 saturated heterocycles. The fraction of sp³-hybridized carbons (Fsp3) is 0.182. The van der Waals surface area contributed by atoms with Crippen molar-refractivity contribution < 1.29 is 8.42 Å². The summed E-state index contributed by atoms with van der Waals surface area (Å²) in [5.74, 6) is 0. The highest BCUT2D eigenvalue weighted by Crippen LogP contribution is 2.22. The Morgan fingerprint density at radius 1 is 1.28 bits per heavy atom. The molecule has 0 bridgehead atoms. The molecule has 0 atom stereocenters. The van der Waals surface area contributed by atoms with Crippen LogP contribution in [0.2, 0.25) is 0 Å². The summed E-state index contributed by atoms with van der Waals surface area (Å²) in [5, 5.41) is 6.76. The van der Waals surface area contributed by atoms with E-state index in [1.807, 2.05) is 0 Å². The average molecular weight is 266 g/mol. The van der Waals surface area contributed by atoms with Crippen molar-refractivity contribution in [2.75, 3.05) is 17.1 Å². The number of hydrogen-bond acceptors (Lipinski definition) is 4. The highest BCUT2D eigenvalue weighted by Gasteiger charge is 2.18. The van der Waals surface area contributed by atoms with Crippen LogP contribution in [-0.2, 0) is 17.1 Å². The Labute approximate surface area is 106 Å². The molecule has 0 aliphatic heterocycles. The molecule has 0 amide bonds. The van der Waals surface area contributed by atoms with Gasteiger partial charge in [0.1, 0.15) is 4.90 Å². The number of nitrogens with zero attached hydrogens (tertiary/aromatic N) is 2. The molecule has 1 aromatic heterocycles. The Bertz CT molecular complexity index is 649. The monoisotopic (exact) mass is 266 g/mol. The summed E-state index contributed by atoms with van der Waals surface area (Å²) in [7, 11) is -0.208. The number of anilines is 2. The molecule has 2 rings (SSSR count). The van der Waals surface area contributed by atoms with Gasteiger partial charge in [0.2, 0.25) is 0 Å². The maximum absolute atomic E-state index is 12.2. The van der Waals surface area contributed by atoms with Crippen molar-refractivity contribution in [1.82, 2.24) is 9.78 Å². The number of aryl methyl sites for hydroxylation is 1. The summed E-state index contributed by atoms with van der Waals surface area (Å²) in [4.78, 5) is 0.205. The first-order chi connectivity index (χ1) is 8.53. The van der Waals surface area contributed by atoms with Gasteiger partial charge in [-0.1, -0.05) is 12.1 Å². The van der Waals surface area contributed by atoms with E-state index in [0.717, 1.165) is 0 Å². The van der Waals surface area contributed by atoms with Crippen molar-refractivity contribution >= 4 is 21.4 Å². The van der Waals surface area contributed by atoms with Gasteiger partial charge in [-0.2, -0.15) is 5.10 Å². The lowest BCUT2D eigenvalue weighted by Crippen LogP contribution is -2.14. The molecule has 96 valence electrons. The predicted octanol–water partition coefficient (Wildman–Crippen LogP) is 1.26. The van der Waals surface area contributed by atoms with E-state index in [2.05, 4.69) is 15.1 Å². The number of sulfonamides is 1. The lowest BCUT2D eigenvalue weighted by Gasteiger charge is -2.10. The van der Waals surface area contributed by atoms with Crippen LogP contribution < -0.4 is 10.0 Å². The standard InChI is InChI=1S/C11H14N4O2S/c1-12-10-5-3-4-6-11(10)18(16,17)14-9-7-13-15(2)8-9/h3-8,12,14H,1-2H3. The van der Waals surface area contributed by atoms with E-state index in [0.29, 0.717) is 11.4 Å². The largest absolute Gasteiger partial charge is 0.387 e. The summed E-state index contributed by atoms with van der Waals surface area (Å²) < 4.78 is 28.4. The fourth-order valence-electron chi connectivity index (χ4n) is 1.59. The third-order valence-electron chi connectivity index (χ3n) is 2.40. The minimum absolute atomic E-state index is 0.205. The molecule has 2 N–H and O–H groups in total. The summed E-state index contributed by atoms with van der Waals surface area (Å²) in [5.41, 5.74) is 0.984. The van der Waals surface area contributed by atoms with Crippen LogP contribution >= 0.6 is 0 Å². The van der Waals surface area contributed by atoms with E-state index in [4.69, 9.17) is 0 Å². The number of para-hydroxylation sites is 1. The molecule has 1 heterocycles. The van der Waals surface area contributed by atoms with Gasteiger partial charge in [-0.15, -0.1) is 0 Å². The van der Waals surface area contributed by atoms with Gasteiger partial charge >= 0.3 is 0 Å². The van der Waals surface area contributed by atoms with Crippen LogP contribution in [0, 0.1) is 0 Å². The highest BCUT2D eigenvalue weighted by atomic mass is 32.2. The molecule has 0 spiro atoms. The van der Waals surface area contributed by atoms with Gasteiger partial charge in [-0.25, -0.2) is 8.42 Å². The molecule has 0 aliphatic rings. The van der Waals surface area contributed by atoms with E-state index in [1.54, 1.807) is 44.6 Å². The molecule has 0 radical (unpaired) electrons. The Kier molecular flexibility index (Phi) is 3.24. The number of benzene rings is 1. The molecule has 7 heteroatoms. The van der Waals surface area contributed by atoms with E-state index in [1.165, 1.54) is 10.9 Å². The summed E-state index contributed by atoms with van der Waals surface area (Å²) in [6.45, 7) is 0. The van der Waals surface area contributed by atoms with Crippen molar-refractivity contribution in [2.45, 2.75) is 4.90 Å². The smallest absolute Gasteiger partial charge is 0.264 e. The number of nitrogens with one attached hydrogen (secondary N) is 2. The Morgan fingerprint density at radius 3 is 2.61 bits per heavy atom. The van der Waals surface area contributed by atoms with Crippen LogP contribution in [0.5, 0.6) is 0 Å². The molecule has 0 fully saturated rings. The van der Waals surface area contributed by atoms with Crippen LogP contribution in [0.1, 0.15) is 0 Å². The second-order valence-electron chi connectivity index (χ2n) is 3.75. The van der Waals surface area contributed by atoms with Crippen molar-refractivity contribution in [1.29, 1.82) is 0 Å². The molecule has 18 heavy (non-hydrogen) atoms. The van der Waals surface area contributed by atoms with Crippen molar-refractivity contribution in [3.63, 3.8) is 0 Å². The van der Waals surface area contributed by atoms with E-state index in [9.17, 15) is 8.42 Å². The molecule has 6 nitrogen and oxygen atoms in total. The SMILES string of the molecule is CNc1ccccc1S(=O)(=O)Nc1cnn(C)c1. The first-order valence-electron chi connectivity index (χ1n) is 5.31. The van der Waals surface area contributed by atoms with Crippen LogP contribution in [0.25, 0.3) is 0 Å². The van der Waals surface area contributed by atoms with Crippen LogP contribution in [0.4, 0.5) is 11.4 Å². The van der Waals surface area contributed by atoms with Gasteiger partial charge in [0.05, 0.1) is 17.6 Å². The minimum atomic E-state index is -3.61. The fourth-order valence-corrected chi connectivity index (χ4v) is 2.83. The van der Waals surface area contributed by atoms with Gasteiger partial charge in [-0.3, -0.25) is 9.40 Å². The van der Waals surface area contributed by atoms with Crippen LogP contribution in [0.15, 0.2) is 41.6 Å². The molecule has 1 aromatic carbocycles. The molecular weight excluding hydrogens is 252 g/mol. The molecule has 0 aliphatic carbocycles. The maximum Gasteiger partial charge on any atom is 0.264 e. The number of rotatable bonds is 4. The minimum Gasteiger partial charge on any atom is -0.387 e. The summed E-state index contributed by atoms with van der Waals surface area (Å²) in [6.07, 6.45) is 3.05. The third-order valence-corrected chi connectivity index (χ3v) is 3.84. The van der Waals surface area contributed by atoms with Gasteiger partial charge in [-0.05, 0) is 12.1 Å². The summed E-state index contributed by atoms with van der Waals surface area (Å²) >= 11 is 0. The van der Waals surface area contributed by atoms with Crippen molar-refractivity contribution in [3.05, 3.63) is 36.7 Å². The number of hydrogen-bond donors (Lipinski definition) is 2. The molecule has 2 aromatic rings. The lowest BCUT2D eigenvalue weighted by molar-refractivity contribution is 0.601. The Balaban J connectivity index is 2.36. The van der Waals surface area contributed by atoms with Crippen LogP contribution in [-0.4, -0.2) is 25.2 Å². The van der Waals surface area contributed by atoms with Crippen molar-refractivity contribution in [3.8, 4) is 0 Å². The second-order valence-corrected chi connectivity index (χ2v) is 5.41. The van der Waals surface area contributed by atoms with E-state index < -0.39 is 10.0 Å². The van der Waals surface area contributed by atoms with Gasteiger partial charge in [0, 0.05) is 20.3 Å². The first-order valence-corrected chi connectivity index (χ1v) is 6.79. The highest BCUT2D eigenvalue weighted by molar-refractivity contribution is 7.92. The Hall–Kier alpha value is -2.02. The third kappa shape index (κ3) is 2.45. The predicted molar refractivity (Wildman–Crippen MR) is 70.0 cm³/mol. The normalized spacial score (nSPS) is 11.2. The molecular formula is C11H14N4O2S. The lowest BCUT2D eigenvalue weighted by atomic mass is 10.3. The average Bonchev–Trinajstić information content (AvgIpc) is 2.74. The van der Waals surface area contributed by atoms with Gasteiger partial charge < -0.3 is 5.32 Å². The molecule has 0 unspecified atom stereocenters.